The summed E-state index contributed by atoms with van der Waals surface area (Å²) in [4.78, 5) is 43.2. The molecule has 0 saturated carbocycles. The van der Waals surface area contributed by atoms with Gasteiger partial charge in [-0.05, 0) is 30.3 Å². The second kappa shape index (κ2) is 6.17. The minimum atomic E-state index is -0.415. The number of hydrogen-bond donors (Lipinski definition) is 3. The van der Waals surface area contributed by atoms with Gasteiger partial charge in [-0.3, -0.25) is 24.8 Å². The lowest BCUT2D eigenvalue weighted by atomic mass is 10.2. The summed E-state index contributed by atoms with van der Waals surface area (Å²) in [5, 5.41) is 5.11. The van der Waals surface area contributed by atoms with Crippen LogP contribution in [0.2, 0.25) is 0 Å². The fourth-order valence-electron chi connectivity index (χ4n) is 2.59. The van der Waals surface area contributed by atoms with Crippen molar-refractivity contribution in [3.8, 4) is 5.69 Å². The van der Waals surface area contributed by atoms with E-state index in [0.717, 1.165) is 21.8 Å². The second-order valence-electron chi connectivity index (χ2n) is 5.59. The number of benzene rings is 2. The molecule has 0 aliphatic rings. The lowest BCUT2D eigenvalue weighted by Gasteiger charge is -2.07. The zero-order chi connectivity index (χ0) is 18.1. The molecule has 1 amide bonds. The van der Waals surface area contributed by atoms with Crippen LogP contribution in [0.1, 0.15) is 10.4 Å². The van der Waals surface area contributed by atoms with Gasteiger partial charge in [0.25, 0.3) is 17.0 Å². The molecule has 0 saturated heterocycles. The van der Waals surface area contributed by atoms with Crippen molar-refractivity contribution in [2.45, 2.75) is 0 Å². The minimum Gasteiger partial charge on any atom is -0.324 e. The summed E-state index contributed by atoms with van der Waals surface area (Å²) in [7, 11) is 0. The molecule has 2 aromatic heterocycles. The third-order valence-electron chi connectivity index (χ3n) is 3.81. The first kappa shape index (κ1) is 15.6. The Hall–Kier alpha value is -3.94. The number of amides is 1. The molecule has 0 atom stereocenters. The standard InChI is InChI=1S/C18H13N5O3/c24-15-8-9-16(25)23(22-15)12-5-3-4-11(10-12)17(26)21-18-19-13-6-1-2-7-14(13)20-18/h1-10H,(H,22,24)(H2,19,20,21,26). The van der Waals surface area contributed by atoms with Crippen LogP contribution in [0, 0.1) is 0 Å². The third kappa shape index (κ3) is 2.91. The highest BCUT2D eigenvalue weighted by Crippen LogP contribution is 2.15. The molecule has 0 radical (unpaired) electrons. The number of nitrogens with one attached hydrogen (secondary N) is 3. The lowest BCUT2D eigenvalue weighted by Crippen LogP contribution is -2.26. The van der Waals surface area contributed by atoms with Crippen molar-refractivity contribution >= 4 is 22.9 Å². The Bertz CT molecular complexity index is 1200. The van der Waals surface area contributed by atoms with E-state index in [-0.39, 0.29) is 0 Å². The van der Waals surface area contributed by atoms with Crippen LogP contribution in [-0.2, 0) is 0 Å². The molecule has 128 valence electrons. The summed E-state index contributed by atoms with van der Waals surface area (Å²) in [6, 6.07) is 16.1. The molecule has 8 heteroatoms. The molecule has 0 unspecified atom stereocenters. The van der Waals surface area contributed by atoms with E-state index < -0.39 is 17.0 Å². The zero-order valence-electron chi connectivity index (χ0n) is 13.4. The van der Waals surface area contributed by atoms with Gasteiger partial charge in [0.05, 0.1) is 16.7 Å². The number of aromatic amines is 2. The molecule has 0 spiro atoms. The predicted octanol–water partition coefficient (Wildman–Crippen LogP) is 1.65. The summed E-state index contributed by atoms with van der Waals surface area (Å²) in [6.07, 6.45) is 0. The first-order chi connectivity index (χ1) is 12.6. The highest BCUT2D eigenvalue weighted by molar-refractivity contribution is 6.04. The van der Waals surface area contributed by atoms with Crippen LogP contribution in [-0.4, -0.2) is 25.7 Å². The van der Waals surface area contributed by atoms with Crippen LogP contribution < -0.4 is 16.4 Å². The second-order valence-corrected chi connectivity index (χ2v) is 5.59. The van der Waals surface area contributed by atoms with Gasteiger partial charge in [0.1, 0.15) is 0 Å². The van der Waals surface area contributed by atoms with Crippen LogP contribution in [0.5, 0.6) is 0 Å². The molecule has 0 aliphatic carbocycles. The normalized spacial score (nSPS) is 10.8. The zero-order valence-corrected chi connectivity index (χ0v) is 13.4. The molecule has 2 aromatic carbocycles. The maximum Gasteiger partial charge on any atom is 0.269 e. The van der Waals surface area contributed by atoms with Crippen molar-refractivity contribution < 1.29 is 4.79 Å². The van der Waals surface area contributed by atoms with Gasteiger partial charge in [-0.15, -0.1) is 0 Å². The smallest absolute Gasteiger partial charge is 0.269 e. The highest BCUT2D eigenvalue weighted by Gasteiger charge is 2.11. The average Bonchev–Trinajstić information content (AvgIpc) is 3.06. The molecule has 2 heterocycles. The van der Waals surface area contributed by atoms with E-state index in [1.165, 1.54) is 12.1 Å². The maximum atomic E-state index is 12.5. The van der Waals surface area contributed by atoms with Crippen LogP contribution in [0.15, 0.2) is 70.3 Å². The fraction of sp³-hybridized carbons (Fsp3) is 0. The molecule has 3 N–H and O–H groups in total. The summed E-state index contributed by atoms with van der Waals surface area (Å²) in [6.45, 7) is 0. The van der Waals surface area contributed by atoms with Crippen molar-refractivity contribution in [1.29, 1.82) is 0 Å². The molecular formula is C18H13N5O3. The van der Waals surface area contributed by atoms with E-state index >= 15 is 0 Å². The predicted molar refractivity (Wildman–Crippen MR) is 96.7 cm³/mol. The SMILES string of the molecule is O=C(Nc1nc2ccccc2[nH]1)c1cccc(-n2[nH]c(=O)ccc2=O)c1. The van der Waals surface area contributed by atoms with Gasteiger partial charge in [-0.25, -0.2) is 9.67 Å². The molecule has 0 fully saturated rings. The number of para-hydroxylation sites is 2. The van der Waals surface area contributed by atoms with E-state index in [2.05, 4.69) is 20.4 Å². The number of anilines is 1. The summed E-state index contributed by atoms with van der Waals surface area (Å²) in [5.74, 6) is -0.0656. The first-order valence-corrected chi connectivity index (χ1v) is 7.79. The molecule has 8 nitrogen and oxygen atoms in total. The maximum absolute atomic E-state index is 12.5. The van der Waals surface area contributed by atoms with E-state index in [4.69, 9.17) is 0 Å². The van der Waals surface area contributed by atoms with Crippen molar-refractivity contribution in [3.63, 3.8) is 0 Å². The monoisotopic (exact) mass is 347 g/mol. The Morgan fingerprint density at radius 3 is 2.69 bits per heavy atom. The van der Waals surface area contributed by atoms with Crippen molar-refractivity contribution in [1.82, 2.24) is 19.7 Å². The van der Waals surface area contributed by atoms with E-state index in [1.807, 2.05) is 24.3 Å². The van der Waals surface area contributed by atoms with Crippen LogP contribution in [0.4, 0.5) is 5.95 Å². The van der Waals surface area contributed by atoms with E-state index in [9.17, 15) is 14.4 Å². The molecule has 0 aliphatic heterocycles. The number of nitrogens with zero attached hydrogens (tertiary/aromatic N) is 2. The van der Waals surface area contributed by atoms with Gasteiger partial charge < -0.3 is 4.98 Å². The van der Waals surface area contributed by atoms with Gasteiger partial charge in [-0.2, -0.15) is 0 Å². The summed E-state index contributed by atoms with van der Waals surface area (Å²) >= 11 is 0. The number of aromatic nitrogens is 4. The summed E-state index contributed by atoms with van der Waals surface area (Å²) < 4.78 is 1.08. The Morgan fingerprint density at radius 1 is 1.00 bits per heavy atom. The Morgan fingerprint density at radius 2 is 1.85 bits per heavy atom. The number of rotatable bonds is 3. The molecule has 26 heavy (non-hydrogen) atoms. The van der Waals surface area contributed by atoms with Crippen LogP contribution in [0.25, 0.3) is 16.7 Å². The third-order valence-corrected chi connectivity index (χ3v) is 3.81. The highest BCUT2D eigenvalue weighted by atomic mass is 16.2. The molecular weight excluding hydrogens is 334 g/mol. The van der Waals surface area contributed by atoms with E-state index in [1.54, 1.807) is 18.2 Å². The number of carbonyl (C=O) groups excluding carboxylic acids is 1. The van der Waals surface area contributed by atoms with Gasteiger partial charge in [0.15, 0.2) is 0 Å². The van der Waals surface area contributed by atoms with Crippen LogP contribution in [0.3, 0.4) is 0 Å². The molecule has 4 rings (SSSR count). The Labute approximate surface area is 146 Å². The van der Waals surface area contributed by atoms with Crippen molar-refractivity contribution in [2.75, 3.05) is 5.32 Å². The average molecular weight is 347 g/mol. The molecule has 0 bridgehead atoms. The quantitative estimate of drug-likeness (QED) is 0.523. The minimum absolute atomic E-state index is 0.319. The van der Waals surface area contributed by atoms with Gasteiger partial charge in [-0.1, -0.05) is 18.2 Å². The van der Waals surface area contributed by atoms with Gasteiger partial charge in [0.2, 0.25) is 5.95 Å². The van der Waals surface area contributed by atoms with Gasteiger partial charge in [0, 0.05) is 17.7 Å². The number of hydrogen-bond acceptors (Lipinski definition) is 4. The summed E-state index contributed by atoms with van der Waals surface area (Å²) in [5.41, 5.74) is 1.43. The van der Waals surface area contributed by atoms with E-state index in [0.29, 0.717) is 17.2 Å². The van der Waals surface area contributed by atoms with Gasteiger partial charge >= 0.3 is 0 Å². The Kier molecular flexibility index (Phi) is 3.70. The number of H-pyrrole nitrogens is 2. The van der Waals surface area contributed by atoms with Crippen molar-refractivity contribution in [3.05, 3.63) is 86.9 Å². The lowest BCUT2D eigenvalue weighted by molar-refractivity contribution is 0.102. The Balaban J connectivity index is 1.65. The first-order valence-electron chi connectivity index (χ1n) is 7.79. The molecule has 4 aromatic rings. The number of imidazole rings is 1. The van der Waals surface area contributed by atoms with Crippen LogP contribution >= 0.6 is 0 Å². The number of fused-ring (bicyclic) bond motifs is 1. The fourth-order valence-corrected chi connectivity index (χ4v) is 2.59. The number of carbonyl (C=O) groups is 1. The largest absolute Gasteiger partial charge is 0.324 e. The van der Waals surface area contributed by atoms with Crippen molar-refractivity contribution in [2.24, 2.45) is 0 Å². The topological polar surface area (TPSA) is 113 Å².